The topological polar surface area (TPSA) is 116 Å². The Bertz CT molecular complexity index is 677. The maximum Gasteiger partial charge on any atom is 0.280 e. The van der Waals surface area contributed by atoms with Crippen molar-refractivity contribution in [2.24, 2.45) is 4.99 Å². The summed E-state index contributed by atoms with van der Waals surface area (Å²) >= 11 is 0. The van der Waals surface area contributed by atoms with Gasteiger partial charge in [0.15, 0.2) is 11.2 Å². The Morgan fingerprint density at radius 3 is 2.82 bits per heavy atom. The summed E-state index contributed by atoms with van der Waals surface area (Å²) < 4.78 is 1.11. The second-order valence-electron chi connectivity index (χ2n) is 3.33. The Morgan fingerprint density at radius 2 is 2.24 bits per heavy atom. The summed E-state index contributed by atoms with van der Waals surface area (Å²) in [6, 6.07) is 0. The van der Waals surface area contributed by atoms with Crippen molar-refractivity contribution in [2.75, 3.05) is 0 Å². The van der Waals surface area contributed by atoms with Gasteiger partial charge in [-0.25, -0.2) is 9.98 Å². The zero-order chi connectivity index (χ0) is 12.6. The van der Waals surface area contributed by atoms with Gasteiger partial charge in [-0.15, -0.1) is 0 Å². The zero-order valence-electron chi connectivity index (χ0n) is 9.09. The molecule has 2 aromatic heterocycles. The average molecular weight is 234 g/mol. The van der Waals surface area contributed by atoms with Crippen molar-refractivity contribution >= 4 is 28.9 Å². The molecule has 2 rings (SSSR count). The van der Waals surface area contributed by atoms with Gasteiger partial charge in [-0.3, -0.25) is 19.1 Å². The summed E-state index contributed by atoms with van der Waals surface area (Å²) in [5, 5.41) is 10.8. The third-order valence-corrected chi connectivity index (χ3v) is 2.00. The van der Waals surface area contributed by atoms with Crippen molar-refractivity contribution in [3.63, 3.8) is 0 Å². The fourth-order valence-corrected chi connectivity index (χ4v) is 1.33. The summed E-state index contributed by atoms with van der Waals surface area (Å²) in [5.74, 6) is -0.973. The fraction of sp³-hybridized carbons (Fsp3) is 0.222. The van der Waals surface area contributed by atoms with Crippen molar-refractivity contribution in [1.29, 1.82) is 0 Å². The molecule has 88 valence electrons. The average Bonchev–Trinajstić information content (AvgIpc) is 2.60. The number of nitrogens with zero attached hydrogens (tertiary/aromatic N) is 4. The number of hydrogen-bond donors (Lipinski definition) is 1. The number of aromatic nitrogens is 4. The van der Waals surface area contributed by atoms with Crippen molar-refractivity contribution in [3.8, 4) is 0 Å². The number of aromatic amines is 1. The molecule has 0 unspecified atom stereocenters. The Balaban J connectivity index is 2.78. The van der Waals surface area contributed by atoms with Crippen LogP contribution in [0, 0.1) is 0 Å². The molecule has 1 N–H and O–H groups in total. The van der Waals surface area contributed by atoms with Crippen molar-refractivity contribution < 1.29 is 9.90 Å². The summed E-state index contributed by atoms with van der Waals surface area (Å²) in [7, 11) is 0. The molecule has 2 heterocycles. The standard InChI is InChI=1S/C9H9N5O3/c1-4(15)11-9-12-7-6(8(17)13-9)10-3-14(7)5(2)16/h3H,1-2H3,(H2,11,12,13,15,17)/p-1. The maximum atomic E-state index is 11.6. The minimum atomic E-state index is -0.546. The van der Waals surface area contributed by atoms with E-state index in [-0.39, 0.29) is 23.0 Å². The third-order valence-electron chi connectivity index (χ3n) is 2.00. The molecule has 0 saturated heterocycles. The summed E-state index contributed by atoms with van der Waals surface area (Å²) in [4.78, 5) is 36.2. The molecular formula is C9H8N5O3-. The highest BCUT2D eigenvalue weighted by atomic mass is 16.3. The van der Waals surface area contributed by atoms with Crippen LogP contribution >= 0.6 is 0 Å². The molecule has 0 aromatic carbocycles. The highest BCUT2D eigenvalue weighted by Gasteiger charge is 2.11. The van der Waals surface area contributed by atoms with Gasteiger partial charge in [-0.1, -0.05) is 0 Å². The van der Waals surface area contributed by atoms with Crippen LogP contribution in [0.25, 0.3) is 11.2 Å². The van der Waals surface area contributed by atoms with Gasteiger partial charge >= 0.3 is 0 Å². The molecule has 0 spiro atoms. The van der Waals surface area contributed by atoms with Crippen LogP contribution in [0.4, 0.5) is 5.95 Å². The highest BCUT2D eigenvalue weighted by molar-refractivity contribution is 5.86. The van der Waals surface area contributed by atoms with Crippen LogP contribution in [0.5, 0.6) is 0 Å². The molecule has 0 aliphatic carbocycles. The number of H-pyrrole nitrogens is 1. The Morgan fingerprint density at radius 1 is 1.53 bits per heavy atom. The van der Waals surface area contributed by atoms with Crippen LogP contribution in [0.1, 0.15) is 18.6 Å². The molecule has 0 radical (unpaired) electrons. The van der Waals surface area contributed by atoms with E-state index >= 15 is 0 Å². The number of aliphatic imine (C=N–C) groups is 1. The maximum absolute atomic E-state index is 11.6. The molecule has 2 aromatic rings. The molecule has 0 atom stereocenters. The highest BCUT2D eigenvalue weighted by Crippen LogP contribution is 2.09. The summed E-state index contributed by atoms with van der Waals surface area (Å²) in [6.45, 7) is 2.54. The molecule has 0 fully saturated rings. The predicted molar refractivity (Wildman–Crippen MR) is 57.2 cm³/mol. The first-order chi connectivity index (χ1) is 7.99. The summed E-state index contributed by atoms with van der Waals surface area (Å²) in [6.07, 6.45) is 1.20. The number of imidazole rings is 1. The zero-order valence-corrected chi connectivity index (χ0v) is 9.09. The Labute approximate surface area is 94.7 Å². The Hall–Kier alpha value is -2.51. The predicted octanol–water partition coefficient (Wildman–Crippen LogP) is -0.810. The smallest absolute Gasteiger partial charge is 0.280 e. The first-order valence-electron chi connectivity index (χ1n) is 4.69. The van der Waals surface area contributed by atoms with Gasteiger partial charge in [-0.2, -0.15) is 4.98 Å². The van der Waals surface area contributed by atoms with Crippen LogP contribution in [0.3, 0.4) is 0 Å². The number of fused-ring (bicyclic) bond motifs is 1. The van der Waals surface area contributed by atoms with Crippen LogP contribution < -0.4 is 10.7 Å². The minimum Gasteiger partial charge on any atom is -0.862 e. The van der Waals surface area contributed by atoms with Crippen molar-refractivity contribution in [1.82, 2.24) is 19.5 Å². The van der Waals surface area contributed by atoms with Crippen LogP contribution in [0.2, 0.25) is 0 Å². The molecule has 0 aliphatic heterocycles. The molecule has 8 nitrogen and oxygen atoms in total. The van der Waals surface area contributed by atoms with Crippen LogP contribution in [0.15, 0.2) is 16.1 Å². The summed E-state index contributed by atoms with van der Waals surface area (Å²) in [5.41, 5.74) is -0.432. The van der Waals surface area contributed by atoms with Gasteiger partial charge in [-0.05, 0) is 12.8 Å². The second kappa shape index (κ2) is 3.81. The lowest BCUT2D eigenvalue weighted by Crippen LogP contribution is -2.14. The number of hydrogen-bond acceptors (Lipinski definition) is 6. The minimum absolute atomic E-state index is 0.0303. The van der Waals surface area contributed by atoms with Gasteiger partial charge in [0.25, 0.3) is 5.56 Å². The van der Waals surface area contributed by atoms with E-state index in [0.717, 1.165) is 4.57 Å². The Kier molecular flexibility index (Phi) is 2.47. The second-order valence-corrected chi connectivity index (χ2v) is 3.33. The monoisotopic (exact) mass is 234 g/mol. The lowest BCUT2D eigenvalue weighted by molar-refractivity contribution is -0.215. The number of carbonyl (C=O) groups excluding carboxylic acids is 1. The van der Waals surface area contributed by atoms with E-state index in [2.05, 4.69) is 19.9 Å². The molecule has 17 heavy (non-hydrogen) atoms. The number of nitrogens with one attached hydrogen (secondary N) is 1. The van der Waals surface area contributed by atoms with Gasteiger partial charge in [0.05, 0.1) is 0 Å². The first-order valence-corrected chi connectivity index (χ1v) is 4.69. The van der Waals surface area contributed by atoms with E-state index in [9.17, 15) is 14.7 Å². The van der Waals surface area contributed by atoms with Crippen molar-refractivity contribution in [3.05, 3.63) is 16.7 Å². The van der Waals surface area contributed by atoms with Crippen LogP contribution in [-0.2, 0) is 0 Å². The van der Waals surface area contributed by atoms with Gasteiger partial charge in [0.2, 0.25) is 11.9 Å². The molecular weight excluding hydrogens is 226 g/mol. The number of rotatable bonds is 1. The molecule has 0 aliphatic rings. The van der Waals surface area contributed by atoms with Gasteiger partial charge < -0.3 is 5.11 Å². The number of carbonyl (C=O) groups is 1. The molecule has 0 bridgehead atoms. The third kappa shape index (κ3) is 1.92. The quantitative estimate of drug-likeness (QED) is 0.511. The fourth-order valence-electron chi connectivity index (χ4n) is 1.33. The SMILES string of the molecule is CC(=O)n1cnc2c(=O)[nH]c(N=C(C)[O-])nc21. The van der Waals surface area contributed by atoms with Gasteiger partial charge in [0.1, 0.15) is 6.33 Å². The van der Waals surface area contributed by atoms with Gasteiger partial charge in [0, 0.05) is 6.92 Å². The largest absolute Gasteiger partial charge is 0.862 e. The van der Waals surface area contributed by atoms with E-state index in [1.165, 1.54) is 20.2 Å². The lowest BCUT2D eigenvalue weighted by Gasteiger charge is -2.02. The molecule has 0 amide bonds. The van der Waals surface area contributed by atoms with E-state index in [1.54, 1.807) is 0 Å². The normalized spacial score (nSPS) is 12.0. The van der Waals surface area contributed by atoms with E-state index in [0.29, 0.717) is 0 Å². The van der Waals surface area contributed by atoms with E-state index < -0.39 is 11.5 Å². The van der Waals surface area contributed by atoms with E-state index in [4.69, 9.17) is 0 Å². The first kappa shape index (κ1) is 11.0. The van der Waals surface area contributed by atoms with Crippen LogP contribution in [-0.4, -0.2) is 31.3 Å². The molecule has 0 saturated carbocycles. The lowest BCUT2D eigenvalue weighted by atomic mass is 10.5. The van der Waals surface area contributed by atoms with E-state index in [1.807, 2.05) is 0 Å². The molecule has 8 heteroatoms. The van der Waals surface area contributed by atoms with Crippen molar-refractivity contribution in [2.45, 2.75) is 13.8 Å².